The lowest BCUT2D eigenvalue weighted by molar-refractivity contribution is 0.200. The Bertz CT molecular complexity index is 870. The van der Waals surface area contributed by atoms with E-state index in [1.165, 1.54) is 29.5 Å². The van der Waals surface area contributed by atoms with E-state index < -0.39 is 0 Å². The smallest absolute Gasteiger partial charge is 0.240 e. The van der Waals surface area contributed by atoms with E-state index in [1.807, 2.05) is 0 Å². The SMILES string of the molecule is c1ccc([C@H]2CN(Cc3nc(C4CC4)no3)Cc3ccccc32)cc1. The van der Waals surface area contributed by atoms with Gasteiger partial charge in [0, 0.05) is 24.9 Å². The molecule has 0 spiro atoms. The van der Waals surface area contributed by atoms with Crippen LogP contribution in [-0.2, 0) is 13.1 Å². The molecule has 4 nitrogen and oxygen atoms in total. The standard InChI is InChI=1S/C21H21N3O/c1-2-6-15(7-3-1)19-13-24(12-17-8-4-5-9-18(17)19)14-20-22-21(23-25-20)16-10-11-16/h1-9,16,19H,10-14H2/t19-/m1/s1. The topological polar surface area (TPSA) is 42.2 Å². The van der Waals surface area contributed by atoms with E-state index in [0.29, 0.717) is 11.8 Å². The maximum Gasteiger partial charge on any atom is 0.240 e. The van der Waals surface area contributed by atoms with Crippen molar-refractivity contribution in [2.75, 3.05) is 6.54 Å². The molecule has 1 aromatic heterocycles. The molecule has 1 aliphatic carbocycles. The van der Waals surface area contributed by atoms with Gasteiger partial charge in [0.15, 0.2) is 5.82 Å². The first-order chi connectivity index (χ1) is 12.4. The van der Waals surface area contributed by atoms with Gasteiger partial charge in [-0.15, -0.1) is 0 Å². The first-order valence-electron chi connectivity index (χ1n) is 9.04. The molecular formula is C21H21N3O. The quantitative estimate of drug-likeness (QED) is 0.722. The zero-order valence-corrected chi connectivity index (χ0v) is 14.1. The molecule has 1 saturated carbocycles. The van der Waals surface area contributed by atoms with Crippen molar-refractivity contribution in [3.63, 3.8) is 0 Å². The maximum atomic E-state index is 5.49. The summed E-state index contributed by atoms with van der Waals surface area (Å²) in [7, 11) is 0. The molecule has 0 N–H and O–H groups in total. The number of hydrogen-bond donors (Lipinski definition) is 0. The second kappa shape index (κ2) is 6.12. The van der Waals surface area contributed by atoms with Gasteiger partial charge in [0.1, 0.15) is 0 Å². The number of aromatic nitrogens is 2. The van der Waals surface area contributed by atoms with Crippen LogP contribution >= 0.6 is 0 Å². The summed E-state index contributed by atoms with van der Waals surface area (Å²) in [5.41, 5.74) is 4.20. The van der Waals surface area contributed by atoms with Crippen LogP contribution in [0, 0.1) is 0 Å². The zero-order chi connectivity index (χ0) is 16.6. The van der Waals surface area contributed by atoms with Crippen LogP contribution in [0.4, 0.5) is 0 Å². The normalized spacial score (nSPS) is 20.4. The second-order valence-corrected chi connectivity index (χ2v) is 7.15. The van der Waals surface area contributed by atoms with E-state index in [2.05, 4.69) is 69.6 Å². The van der Waals surface area contributed by atoms with E-state index in [4.69, 9.17) is 4.52 Å². The Hall–Kier alpha value is -2.46. The highest BCUT2D eigenvalue weighted by molar-refractivity contribution is 5.40. The number of fused-ring (bicyclic) bond motifs is 1. The average Bonchev–Trinajstić information content (AvgIpc) is 3.41. The molecule has 5 rings (SSSR count). The van der Waals surface area contributed by atoms with Gasteiger partial charge in [-0.3, -0.25) is 4.90 Å². The predicted octanol–water partition coefficient (Wildman–Crippen LogP) is 4.09. The fourth-order valence-corrected chi connectivity index (χ4v) is 3.80. The molecular weight excluding hydrogens is 310 g/mol. The molecule has 2 aromatic carbocycles. The minimum absolute atomic E-state index is 0.386. The summed E-state index contributed by atoms with van der Waals surface area (Å²) in [6.45, 7) is 2.63. The molecule has 25 heavy (non-hydrogen) atoms. The lowest BCUT2D eigenvalue weighted by atomic mass is 9.85. The molecule has 0 saturated heterocycles. The molecule has 126 valence electrons. The van der Waals surface area contributed by atoms with Crippen molar-refractivity contribution in [1.29, 1.82) is 0 Å². The van der Waals surface area contributed by atoms with Crippen molar-refractivity contribution < 1.29 is 4.52 Å². The zero-order valence-electron chi connectivity index (χ0n) is 14.1. The number of rotatable bonds is 4. The Kier molecular flexibility index (Phi) is 3.63. The van der Waals surface area contributed by atoms with E-state index in [9.17, 15) is 0 Å². The third kappa shape index (κ3) is 2.98. The van der Waals surface area contributed by atoms with Crippen LogP contribution in [0.3, 0.4) is 0 Å². The highest BCUT2D eigenvalue weighted by atomic mass is 16.5. The maximum absolute atomic E-state index is 5.49. The third-order valence-corrected chi connectivity index (χ3v) is 5.25. The fourth-order valence-electron chi connectivity index (χ4n) is 3.80. The van der Waals surface area contributed by atoms with Crippen molar-refractivity contribution in [1.82, 2.24) is 15.0 Å². The minimum atomic E-state index is 0.386. The molecule has 2 heterocycles. The molecule has 0 amide bonds. The van der Waals surface area contributed by atoms with Crippen molar-refractivity contribution in [2.24, 2.45) is 0 Å². The summed E-state index contributed by atoms with van der Waals surface area (Å²) in [5.74, 6) is 2.56. The molecule has 1 aliphatic heterocycles. The average molecular weight is 331 g/mol. The largest absolute Gasteiger partial charge is 0.338 e. The highest BCUT2D eigenvalue weighted by Gasteiger charge is 2.30. The summed E-state index contributed by atoms with van der Waals surface area (Å²) < 4.78 is 5.49. The number of hydrogen-bond acceptors (Lipinski definition) is 4. The van der Waals surface area contributed by atoms with Gasteiger partial charge in [0.05, 0.1) is 6.54 Å². The van der Waals surface area contributed by atoms with Crippen molar-refractivity contribution >= 4 is 0 Å². The summed E-state index contributed by atoms with van der Waals surface area (Å²) in [4.78, 5) is 7.02. The molecule has 1 fully saturated rings. The Morgan fingerprint density at radius 3 is 2.64 bits per heavy atom. The summed E-state index contributed by atoms with van der Waals surface area (Å²) in [6.07, 6.45) is 2.40. The molecule has 4 heteroatoms. The summed E-state index contributed by atoms with van der Waals surface area (Å²) in [6, 6.07) is 19.5. The van der Waals surface area contributed by atoms with E-state index in [-0.39, 0.29) is 0 Å². The van der Waals surface area contributed by atoms with Crippen molar-refractivity contribution in [3.05, 3.63) is 83.0 Å². The van der Waals surface area contributed by atoms with Crippen LogP contribution in [0.15, 0.2) is 59.1 Å². The molecule has 0 bridgehead atoms. The highest BCUT2D eigenvalue weighted by Crippen LogP contribution is 2.38. The van der Waals surface area contributed by atoms with Crippen LogP contribution in [0.1, 0.15) is 53.1 Å². The number of nitrogens with zero attached hydrogens (tertiary/aromatic N) is 3. The van der Waals surface area contributed by atoms with Crippen LogP contribution in [0.5, 0.6) is 0 Å². The van der Waals surface area contributed by atoms with Gasteiger partial charge >= 0.3 is 0 Å². The second-order valence-electron chi connectivity index (χ2n) is 7.15. The molecule has 1 atom stereocenters. The summed E-state index contributed by atoms with van der Waals surface area (Å²) in [5, 5.41) is 4.15. The van der Waals surface area contributed by atoms with Gasteiger partial charge in [0.2, 0.25) is 5.89 Å². The van der Waals surface area contributed by atoms with Gasteiger partial charge in [-0.1, -0.05) is 59.8 Å². The van der Waals surface area contributed by atoms with Gasteiger partial charge in [-0.05, 0) is 29.5 Å². The number of benzene rings is 2. The van der Waals surface area contributed by atoms with Crippen LogP contribution in [0.25, 0.3) is 0 Å². The monoisotopic (exact) mass is 331 g/mol. The fraction of sp³-hybridized carbons (Fsp3) is 0.333. The van der Waals surface area contributed by atoms with Gasteiger partial charge < -0.3 is 4.52 Å². The molecule has 2 aliphatic rings. The van der Waals surface area contributed by atoms with Crippen LogP contribution < -0.4 is 0 Å². The van der Waals surface area contributed by atoms with Gasteiger partial charge in [-0.2, -0.15) is 4.98 Å². The minimum Gasteiger partial charge on any atom is -0.338 e. The van der Waals surface area contributed by atoms with Crippen molar-refractivity contribution in [2.45, 2.75) is 37.8 Å². The Balaban J connectivity index is 1.42. The predicted molar refractivity (Wildman–Crippen MR) is 95.1 cm³/mol. The van der Waals surface area contributed by atoms with Crippen LogP contribution in [-0.4, -0.2) is 21.6 Å². The summed E-state index contributed by atoms with van der Waals surface area (Å²) >= 11 is 0. The van der Waals surface area contributed by atoms with E-state index in [0.717, 1.165) is 31.3 Å². The lowest BCUT2D eigenvalue weighted by Gasteiger charge is -2.34. The lowest BCUT2D eigenvalue weighted by Crippen LogP contribution is -2.33. The first-order valence-corrected chi connectivity index (χ1v) is 9.04. The van der Waals surface area contributed by atoms with E-state index in [1.54, 1.807) is 0 Å². The molecule has 3 aromatic rings. The Morgan fingerprint density at radius 2 is 1.80 bits per heavy atom. The van der Waals surface area contributed by atoms with Gasteiger partial charge in [-0.25, -0.2) is 0 Å². The van der Waals surface area contributed by atoms with Crippen LogP contribution in [0.2, 0.25) is 0 Å². The Morgan fingerprint density at radius 1 is 1.00 bits per heavy atom. The third-order valence-electron chi connectivity index (χ3n) is 5.25. The molecule has 0 radical (unpaired) electrons. The van der Waals surface area contributed by atoms with Crippen molar-refractivity contribution in [3.8, 4) is 0 Å². The Labute approximate surface area is 147 Å². The molecule has 0 unspecified atom stereocenters. The first kappa shape index (κ1) is 14.8. The van der Waals surface area contributed by atoms with Gasteiger partial charge in [0.25, 0.3) is 0 Å². The van der Waals surface area contributed by atoms with E-state index >= 15 is 0 Å².